The number of hydrogen-bond acceptors (Lipinski definition) is 4. The van der Waals surface area contributed by atoms with Crippen LogP contribution in [0.2, 0.25) is 0 Å². The summed E-state index contributed by atoms with van der Waals surface area (Å²) in [6.45, 7) is 1.62. The van der Waals surface area contributed by atoms with Crippen molar-refractivity contribution >= 4 is 18.0 Å². The number of aryl methyl sites for hydroxylation is 1. The fraction of sp³-hybridized carbons (Fsp3) is 0.250. The van der Waals surface area contributed by atoms with Gasteiger partial charge in [0.2, 0.25) is 5.91 Å². The number of benzene rings is 3. The maximum absolute atomic E-state index is 12.5. The van der Waals surface area contributed by atoms with E-state index in [1.807, 2.05) is 66.7 Å². The van der Waals surface area contributed by atoms with Crippen LogP contribution in [0.3, 0.4) is 0 Å². The highest BCUT2D eigenvalue weighted by Gasteiger charge is 2.29. The van der Waals surface area contributed by atoms with E-state index in [0.717, 1.165) is 27.8 Å². The number of ether oxygens (including phenoxy) is 1. The first kappa shape index (κ1) is 24.0. The molecule has 0 radical (unpaired) electrons. The highest BCUT2D eigenvalue weighted by Crippen LogP contribution is 2.44. The summed E-state index contributed by atoms with van der Waals surface area (Å²) in [5.41, 5.74) is 5.42. The lowest BCUT2D eigenvalue weighted by atomic mass is 9.98. The number of carboxylic acid groups (broad SMARTS) is 1. The van der Waals surface area contributed by atoms with Crippen molar-refractivity contribution in [1.82, 2.24) is 10.6 Å². The summed E-state index contributed by atoms with van der Waals surface area (Å²) in [6, 6.07) is 23.5. The van der Waals surface area contributed by atoms with Crippen LogP contribution in [0.25, 0.3) is 11.1 Å². The van der Waals surface area contributed by atoms with E-state index in [-0.39, 0.29) is 18.9 Å². The van der Waals surface area contributed by atoms with E-state index in [1.165, 1.54) is 6.92 Å². The Labute approximate surface area is 204 Å². The van der Waals surface area contributed by atoms with Crippen LogP contribution in [0.1, 0.15) is 36.0 Å². The zero-order chi connectivity index (χ0) is 24.8. The van der Waals surface area contributed by atoms with Gasteiger partial charge in [0.15, 0.2) is 0 Å². The van der Waals surface area contributed by atoms with Gasteiger partial charge in [-0.05, 0) is 47.6 Å². The molecule has 3 N–H and O–H groups in total. The van der Waals surface area contributed by atoms with Crippen LogP contribution in [-0.2, 0) is 20.7 Å². The molecule has 3 aromatic rings. The number of carbonyl (C=O) groups is 3. The maximum atomic E-state index is 12.5. The van der Waals surface area contributed by atoms with Crippen LogP contribution in [0.4, 0.5) is 4.79 Å². The maximum Gasteiger partial charge on any atom is 0.407 e. The SMILES string of the molecule is C[C@H](NC(=O)OCC1c2ccccc2-c2ccccc21)C(=O)N[C@@H](CCc1ccccc1)C(=O)O. The molecule has 2 atom stereocenters. The van der Waals surface area contributed by atoms with E-state index in [1.54, 1.807) is 0 Å². The minimum absolute atomic E-state index is 0.0911. The van der Waals surface area contributed by atoms with Crippen molar-refractivity contribution in [3.63, 3.8) is 0 Å². The van der Waals surface area contributed by atoms with E-state index in [2.05, 4.69) is 22.8 Å². The Balaban J connectivity index is 1.30. The third-order valence-electron chi connectivity index (χ3n) is 6.25. The van der Waals surface area contributed by atoms with E-state index < -0.39 is 30.1 Å². The molecule has 7 heteroatoms. The molecule has 35 heavy (non-hydrogen) atoms. The summed E-state index contributed by atoms with van der Waals surface area (Å²) in [5, 5.41) is 14.5. The van der Waals surface area contributed by atoms with Crippen LogP contribution >= 0.6 is 0 Å². The van der Waals surface area contributed by atoms with E-state index >= 15 is 0 Å². The summed E-state index contributed by atoms with van der Waals surface area (Å²) in [6.07, 6.45) is 0.0142. The van der Waals surface area contributed by atoms with Crippen molar-refractivity contribution in [1.29, 1.82) is 0 Å². The Bertz CT molecular complexity index is 1170. The number of carboxylic acids is 1. The highest BCUT2D eigenvalue weighted by molar-refractivity contribution is 5.89. The second-order valence-corrected chi connectivity index (χ2v) is 8.62. The summed E-state index contributed by atoms with van der Waals surface area (Å²) < 4.78 is 5.47. The van der Waals surface area contributed by atoms with Crippen molar-refractivity contribution in [2.24, 2.45) is 0 Å². The molecule has 1 aliphatic carbocycles. The molecule has 3 aromatic carbocycles. The van der Waals surface area contributed by atoms with Gasteiger partial charge in [0.1, 0.15) is 18.7 Å². The van der Waals surface area contributed by atoms with Crippen molar-refractivity contribution in [3.8, 4) is 11.1 Å². The minimum Gasteiger partial charge on any atom is -0.480 e. The number of rotatable bonds is 9. The fourth-order valence-corrected chi connectivity index (χ4v) is 4.39. The highest BCUT2D eigenvalue weighted by atomic mass is 16.5. The van der Waals surface area contributed by atoms with Gasteiger partial charge < -0.3 is 20.5 Å². The third kappa shape index (κ3) is 5.69. The molecule has 0 aliphatic heterocycles. The van der Waals surface area contributed by atoms with Gasteiger partial charge in [0.25, 0.3) is 0 Å². The molecule has 0 fully saturated rings. The number of nitrogens with one attached hydrogen (secondary N) is 2. The van der Waals surface area contributed by atoms with Crippen LogP contribution < -0.4 is 10.6 Å². The normalized spacial score (nSPS) is 13.7. The Kier molecular flexibility index (Phi) is 7.45. The lowest BCUT2D eigenvalue weighted by Gasteiger charge is -2.19. The lowest BCUT2D eigenvalue weighted by molar-refractivity contribution is -0.142. The zero-order valence-electron chi connectivity index (χ0n) is 19.4. The number of carbonyl (C=O) groups excluding carboxylic acids is 2. The predicted octanol–water partition coefficient (Wildman–Crippen LogP) is 4.12. The molecule has 1 aliphatic rings. The largest absolute Gasteiger partial charge is 0.480 e. The van der Waals surface area contributed by atoms with Crippen LogP contribution in [-0.4, -0.2) is 41.8 Å². The topological polar surface area (TPSA) is 105 Å². The second kappa shape index (κ2) is 10.9. The number of aliphatic carboxylic acids is 1. The van der Waals surface area contributed by atoms with Gasteiger partial charge in [-0.1, -0.05) is 78.9 Å². The first-order chi connectivity index (χ1) is 16.9. The molecule has 4 rings (SSSR count). The van der Waals surface area contributed by atoms with Gasteiger partial charge in [-0.15, -0.1) is 0 Å². The molecule has 2 amide bonds. The molecule has 180 valence electrons. The molecule has 0 unspecified atom stereocenters. The van der Waals surface area contributed by atoms with Gasteiger partial charge in [-0.3, -0.25) is 4.79 Å². The first-order valence-corrected chi connectivity index (χ1v) is 11.6. The van der Waals surface area contributed by atoms with Crippen molar-refractivity contribution < 1.29 is 24.2 Å². The number of alkyl carbamates (subject to hydrolysis) is 1. The molecule has 0 bridgehead atoms. The van der Waals surface area contributed by atoms with E-state index in [9.17, 15) is 19.5 Å². The molecular formula is C28H28N2O5. The predicted molar refractivity (Wildman–Crippen MR) is 132 cm³/mol. The molecule has 0 aromatic heterocycles. The lowest BCUT2D eigenvalue weighted by Crippen LogP contribution is -2.50. The van der Waals surface area contributed by atoms with Gasteiger partial charge in [-0.2, -0.15) is 0 Å². The van der Waals surface area contributed by atoms with Crippen molar-refractivity contribution in [2.75, 3.05) is 6.61 Å². The quantitative estimate of drug-likeness (QED) is 0.435. The van der Waals surface area contributed by atoms with Crippen LogP contribution in [0, 0.1) is 0 Å². The Hall–Kier alpha value is -4.13. The third-order valence-corrected chi connectivity index (χ3v) is 6.25. The Morgan fingerprint density at radius 3 is 2.03 bits per heavy atom. The Morgan fingerprint density at radius 2 is 1.43 bits per heavy atom. The number of amides is 2. The van der Waals surface area contributed by atoms with Gasteiger partial charge >= 0.3 is 12.1 Å². The smallest absolute Gasteiger partial charge is 0.407 e. The molecule has 0 saturated carbocycles. The van der Waals surface area contributed by atoms with Crippen molar-refractivity contribution in [3.05, 3.63) is 95.6 Å². The molecule has 0 saturated heterocycles. The number of hydrogen-bond donors (Lipinski definition) is 3. The molecule has 7 nitrogen and oxygen atoms in total. The number of fused-ring (bicyclic) bond motifs is 3. The monoisotopic (exact) mass is 472 g/mol. The fourth-order valence-electron chi connectivity index (χ4n) is 4.39. The molecular weight excluding hydrogens is 444 g/mol. The molecule has 0 spiro atoms. The van der Waals surface area contributed by atoms with E-state index in [4.69, 9.17) is 4.74 Å². The van der Waals surface area contributed by atoms with Gasteiger partial charge in [0, 0.05) is 5.92 Å². The summed E-state index contributed by atoms with van der Waals surface area (Å²) in [5.74, 6) is -1.80. The van der Waals surface area contributed by atoms with Crippen LogP contribution in [0.15, 0.2) is 78.9 Å². The minimum atomic E-state index is -1.12. The first-order valence-electron chi connectivity index (χ1n) is 11.6. The average molecular weight is 473 g/mol. The summed E-state index contributed by atoms with van der Waals surface area (Å²) in [7, 11) is 0. The van der Waals surface area contributed by atoms with Gasteiger partial charge in [-0.25, -0.2) is 9.59 Å². The van der Waals surface area contributed by atoms with E-state index in [0.29, 0.717) is 6.42 Å². The van der Waals surface area contributed by atoms with Crippen molar-refractivity contribution in [2.45, 2.75) is 37.8 Å². The average Bonchev–Trinajstić information content (AvgIpc) is 3.19. The zero-order valence-corrected chi connectivity index (χ0v) is 19.4. The Morgan fingerprint density at radius 1 is 0.857 bits per heavy atom. The summed E-state index contributed by atoms with van der Waals surface area (Å²) in [4.78, 5) is 36.6. The second-order valence-electron chi connectivity index (χ2n) is 8.62. The molecule has 0 heterocycles. The summed E-state index contributed by atoms with van der Waals surface area (Å²) >= 11 is 0. The standard InChI is InChI=1S/C28H28N2O5/c1-18(26(31)30-25(27(32)33)16-15-19-9-3-2-4-10-19)29-28(34)35-17-24-22-13-7-5-11-20(22)21-12-6-8-14-23(21)24/h2-14,18,24-25H,15-17H2,1H3,(H,29,34)(H,30,31)(H,32,33)/t18-,25-/m0/s1. The van der Waals surface area contributed by atoms with Crippen LogP contribution in [0.5, 0.6) is 0 Å². The van der Waals surface area contributed by atoms with Gasteiger partial charge in [0.05, 0.1) is 0 Å².